The van der Waals surface area contributed by atoms with Gasteiger partial charge in [-0.3, -0.25) is 0 Å². The minimum absolute atomic E-state index is 0.0803. The molecule has 1 fully saturated rings. The van der Waals surface area contributed by atoms with Gasteiger partial charge in [0.15, 0.2) is 19.7 Å². The van der Waals surface area contributed by atoms with E-state index >= 15 is 0 Å². The van der Waals surface area contributed by atoms with Gasteiger partial charge in [-0.2, -0.15) is 0 Å². The van der Waals surface area contributed by atoms with Crippen LogP contribution < -0.4 is 5.32 Å². The van der Waals surface area contributed by atoms with Crippen LogP contribution in [0.15, 0.2) is 47.4 Å². The monoisotopic (exact) mass is 482 g/mol. The van der Waals surface area contributed by atoms with Crippen LogP contribution >= 0.6 is 0 Å². The summed E-state index contributed by atoms with van der Waals surface area (Å²) >= 11 is 0. The third kappa shape index (κ3) is 5.39. The highest BCUT2D eigenvalue weighted by atomic mass is 32.2. The van der Waals surface area contributed by atoms with E-state index in [1.165, 1.54) is 17.7 Å². The number of nitrogens with zero attached hydrogens (tertiary/aromatic N) is 1. The van der Waals surface area contributed by atoms with Gasteiger partial charge in [-0.05, 0) is 56.3 Å². The maximum atomic E-state index is 14.4. The van der Waals surface area contributed by atoms with Gasteiger partial charge in [-0.1, -0.05) is 37.3 Å². The quantitative estimate of drug-likeness (QED) is 0.623. The molecule has 6 nitrogen and oxygen atoms in total. The molecule has 3 atom stereocenters. The van der Waals surface area contributed by atoms with Crippen LogP contribution in [0.3, 0.4) is 0 Å². The van der Waals surface area contributed by atoms with Crippen molar-refractivity contribution in [3.05, 3.63) is 65.0 Å². The molecule has 1 N–H and O–H groups in total. The Morgan fingerprint density at radius 1 is 1.12 bits per heavy atom. The Labute approximate surface area is 190 Å². The molecular weight excluding hydrogens is 451 g/mol. The van der Waals surface area contributed by atoms with Crippen LogP contribution in [0.1, 0.15) is 29.7 Å². The van der Waals surface area contributed by atoms with E-state index in [1.807, 2.05) is 31.1 Å². The molecule has 0 spiro atoms. The third-order valence-electron chi connectivity index (χ3n) is 6.06. The van der Waals surface area contributed by atoms with E-state index < -0.39 is 47.4 Å². The van der Waals surface area contributed by atoms with Crippen molar-refractivity contribution in [2.45, 2.75) is 42.5 Å². The zero-order chi connectivity index (χ0) is 23.7. The van der Waals surface area contributed by atoms with Crippen LogP contribution in [0.2, 0.25) is 0 Å². The Balaban J connectivity index is 1.87. The zero-order valence-corrected chi connectivity index (χ0v) is 20.5. The molecule has 0 saturated carbocycles. The van der Waals surface area contributed by atoms with Crippen molar-refractivity contribution < 1.29 is 21.2 Å². The molecule has 0 radical (unpaired) electrons. The summed E-state index contributed by atoms with van der Waals surface area (Å²) in [6.07, 6.45) is 0.931. The van der Waals surface area contributed by atoms with Gasteiger partial charge < -0.3 is 10.2 Å². The summed E-state index contributed by atoms with van der Waals surface area (Å²) in [5.74, 6) is -1.67. The highest BCUT2D eigenvalue weighted by Gasteiger charge is 2.46. The average molecular weight is 483 g/mol. The van der Waals surface area contributed by atoms with Gasteiger partial charge in [0.1, 0.15) is 10.7 Å². The van der Waals surface area contributed by atoms with Crippen LogP contribution in [0.5, 0.6) is 0 Å². The first-order valence-electron chi connectivity index (χ1n) is 10.6. The van der Waals surface area contributed by atoms with E-state index in [-0.39, 0.29) is 11.8 Å². The van der Waals surface area contributed by atoms with Crippen molar-refractivity contribution in [3.8, 4) is 0 Å². The highest BCUT2D eigenvalue weighted by Crippen LogP contribution is 2.29. The smallest absolute Gasteiger partial charge is 0.186 e. The molecule has 0 aliphatic carbocycles. The standard InChI is InChI=1S/C23H31FN2O4S2/c1-5-17-7-9-18(10-8-17)21(26(3)4)13-25-20-14-31(27,28)15-23(20)32(29,30)22-12-16(2)6-11-19(22)24/h6-12,20-21,23,25H,5,13-15H2,1-4H3/t20-,21?,23-/m0/s1. The first-order valence-corrected chi connectivity index (χ1v) is 14.0. The Morgan fingerprint density at radius 3 is 2.38 bits per heavy atom. The minimum Gasteiger partial charge on any atom is -0.310 e. The fourth-order valence-corrected chi connectivity index (χ4v) is 9.01. The van der Waals surface area contributed by atoms with Crippen LogP contribution in [-0.2, 0) is 26.1 Å². The molecule has 2 aromatic carbocycles. The molecule has 1 saturated heterocycles. The minimum atomic E-state index is -4.18. The van der Waals surface area contributed by atoms with Gasteiger partial charge in [0.2, 0.25) is 0 Å². The molecule has 3 rings (SSSR count). The summed E-state index contributed by atoms with van der Waals surface area (Å²) in [4.78, 5) is 1.56. The number of aryl methyl sites for hydroxylation is 2. The summed E-state index contributed by atoms with van der Waals surface area (Å²) in [5, 5.41) is 1.94. The summed E-state index contributed by atoms with van der Waals surface area (Å²) in [6, 6.07) is 11.1. The summed E-state index contributed by atoms with van der Waals surface area (Å²) < 4.78 is 65.7. The molecular formula is C23H31FN2O4S2. The number of likely N-dealkylation sites (N-methyl/N-ethyl adjacent to an activating group) is 1. The lowest BCUT2D eigenvalue weighted by Crippen LogP contribution is -2.46. The lowest BCUT2D eigenvalue weighted by Gasteiger charge is -2.28. The van der Waals surface area contributed by atoms with Gasteiger partial charge in [-0.25, -0.2) is 21.2 Å². The SMILES string of the molecule is CCc1ccc(C(CN[C@H]2CS(=O)(=O)C[C@@H]2S(=O)(=O)c2cc(C)ccc2F)N(C)C)cc1. The predicted molar refractivity (Wildman–Crippen MR) is 125 cm³/mol. The van der Waals surface area contributed by atoms with Gasteiger partial charge in [0.25, 0.3) is 0 Å². The Kier molecular flexibility index (Phi) is 7.44. The van der Waals surface area contributed by atoms with Crippen LogP contribution in [0.25, 0.3) is 0 Å². The predicted octanol–water partition coefficient (Wildman–Crippen LogP) is 2.53. The Bertz CT molecular complexity index is 1160. The fourth-order valence-electron chi connectivity index (χ4n) is 4.14. The second-order valence-electron chi connectivity index (χ2n) is 8.68. The molecule has 1 heterocycles. The maximum absolute atomic E-state index is 14.4. The number of sulfone groups is 2. The van der Waals surface area contributed by atoms with Gasteiger partial charge in [-0.15, -0.1) is 0 Å². The topological polar surface area (TPSA) is 83.5 Å². The lowest BCUT2D eigenvalue weighted by molar-refractivity contribution is 0.282. The van der Waals surface area contributed by atoms with Crippen molar-refractivity contribution in [2.75, 3.05) is 32.1 Å². The first-order chi connectivity index (χ1) is 14.9. The molecule has 2 aromatic rings. The molecule has 0 amide bonds. The lowest BCUT2D eigenvalue weighted by atomic mass is 10.0. The third-order valence-corrected chi connectivity index (χ3v) is 10.2. The first kappa shape index (κ1) is 24.8. The van der Waals surface area contributed by atoms with Crippen LogP contribution in [-0.4, -0.2) is 65.2 Å². The second kappa shape index (κ2) is 9.59. The molecule has 9 heteroatoms. The molecule has 0 aromatic heterocycles. The molecule has 0 bridgehead atoms. The summed E-state index contributed by atoms with van der Waals surface area (Å²) in [5.41, 5.74) is 2.86. The second-order valence-corrected chi connectivity index (χ2v) is 13.0. The Hall–Kier alpha value is -1.81. The van der Waals surface area contributed by atoms with Crippen molar-refractivity contribution in [1.82, 2.24) is 10.2 Å². The number of benzene rings is 2. The van der Waals surface area contributed by atoms with E-state index in [1.54, 1.807) is 6.92 Å². The van der Waals surface area contributed by atoms with Gasteiger partial charge in [0.05, 0.1) is 16.8 Å². The normalized spacial score (nSPS) is 21.7. The molecule has 1 aliphatic heterocycles. The maximum Gasteiger partial charge on any atom is 0.186 e. The van der Waals surface area contributed by atoms with E-state index in [2.05, 4.69) is 24.4 Å². The van der Waals surface area contributed by atoms with Crippen molar-refractivity contribution in [3.63, 3.8) is 0 Å². The number of hydrogen-bond acceptors (Lipinski definition) is 6. The van der Waals surface area contributed by atoms with Gasteiger partial charge in [0, 0.05) is 18.6 Å². The van der Waals surface area contributed by atoms with E-state index in [0.29, 0.717) is 12.1 Å². The molecule has 1 aliphatic rings. The number of rotatable bonds is 8. The van der Waals surface area contributed by atoms with E-state index in [4.69, 9.17) is 0 Å². The summed E-state index contributed by atoms with van der Waals surface area (Å²) in [7, 11) is -3.93. The number of hydrogen-bond donors (Lipinski definition) is 1. The molecule has 32 heavy (non-hydrogen) atoms. The fraction of sp³-hybridized carbons (Fsp3) is 0.478. The van der Waals surface area contributed by atoms with Crippen molar-refractivity contribution in [2.24, 2.45) is 0 Å². The van der Waals surface area contributed by atoms with Crippen LogP contribution in [0, 0.1) is 12.7 Å². The number of halogens is 1. The highest BCUT2D eigenvalue weighted by molar-refractivity contribution is 7.96. The largest absolute Gasteiger partial charge is 0.310 e. The summed E-state index contributed by atoms with van der Waals surface area (Å²) in [6.45, 7) is 4.12. The van der Waals surface area contributed by atoms with Gasteiger partial charge >= 0.3 is 0 Å². The zero-order valence-electron chi connectivity index (χ0n) is 18.9. The van der Waals surface area contributed by atoms with E-state index in [9.17, 15) is 21.2 Å². The molecule has 176 valence electrons. The van der Waals surface area contributed by atoms with Crippen molar-refractivity contribution >= 4 is 19.7 Å². The van der Waals surface area contributed by atoms with E-state index in [0.717, 1.165) is 18.1 Å². The van der Waals surface area contributed by atoms with Crippen molar-refractivity contribution in [1.29, 1.82) is 0 Å². The molecule has 1 unspecified atom stereocenters. The average Bonchev–Trinajstić information content (AvgIpc) is 3.05. The van der Waals surface area contributed by atoms with Crippen LogP contribution in [0.4, 0.5) is 4.39 Å². The number of nitrogens with one attached hydrogen (secondary N) is 1. The Morgan fingerprint density at radius 2 is 1.78 bits per heavy atom.